The predicted octanol–water partition coefficient (Wildman–Crippen LogP) is 0.850. The topological polar surface area (TPSA) is 121 Å². The average Bonchev–Trinajstić information content (AvgIpc) is 3.00. The lowest BCUT2D eigenvalue weighted by molar-refractivity contribution is -0.137. The molecule has 0 fully saturated rings. The third kappa shape index (κ3) is 3.85. The fraction of sp³-hybridized carbons (Fsp3) is 0.308. The van der Waals surface area contributed by atoms with Gasteiger partial charge in [-0.15, -0.1) is 10.2 Å². The summed E-state index contributed by atoms with van der Waals surface area (Å²) in [4.78, 5) is 22.7. The molecule has 2 rings (SSSR count). The smallest absolute Gasteiger partial charge is 0.305 e. The van der Waals surface area contributed by atoms with Crippen LogP contribution < -0.4 is 5.32 Å². The van der Waals surface area contributed by atoms with Gasteiger partial charge < -0.3 is 10.4 Å². The van der Waals surface area contributed by atoms with Crippen LogP contribution in [0.3, 0.4) is 0 Å². The van der Waals surface area contributed by atoms with E-state index in [4.69, 9.17) is 5.11 Å². The third-order valence-corrected chi connectivity index (χ3v) is 3.00. The van der Waals surface area contributed by atoms with Crippen LogP contribution >= 0.6 is 0 Å². The van der Waals surface area contributed by atoms with Crippen molar-refractivity contribution < 1.29 is 14.7 Å². The molecule has 0 saturated carbocycles. The fourth-order valence-electron chi connectivity index (χ4n) is 1.83. The number of nitrogens with zero attached hydrogens (tertiary/aromatic N) is 3. The van der Waals surface area contributed by atoms with Crippen LogP contribution in [0.2, 0.25) is 0 Å². The Morgan fingerprint density at radius 2 is 2.05 bits per heavy atom. The van der Waals surface area contributed by atoms with Crippen LogP contribution in [0.25, 0.3) is 11.4 Å². The average molecular weight is 289 g/mol. The molecule has 1 heterocycles. The molecule has 0 radical (unpaired) electrons. The number of carbonyl (C=O) groups excluding carboxylic acids is 1. The Labute approximate surface area is 120 Å². The highest BCUT2D eigenvalue weighted by molar-refractivity contribution is 5.95. The minimum absolute atomic E-state index is 0.0941. The maximum absolute atomic E-state index is 12.0. The van der Waals surface area contributed by atoms with Crippen LogP contribution in [-0.2, 0) is 4.79 Å². The number of rotatable bonds is 6. The van der Waals surface area contributed by atoms with E-state index in [1.807, 2.05) is 6.92 Å². The first kappa shape index (κ1) is 14.6. The van der Waals surface area contributed by atoms with Crippen molar-refractivity contribution in [3.63, 3.8) is 0 Å². The lowest BCUT2D eigenvalue weighted by Crippen LogP contribution is -2.35. The Bertz CT molecular complexity index is 609. The molecular weight excluding hydrogens is 274 g/mol. The van der Waals surface area contributed by atoms with Gasteiger partial charge >= 0.3 is 5.97 Å². The Balaban J connectivity index is 2.04. The standard InChI is InChI=1S/C13H15N5O3/c1-2-10(7-11(19)20)14-13(21)9-5-3-8(4-6-9)12-15-17-18-16-12/h3-6,10H,2,7H2,1H3,(H,14,21)(H,19,20)(H,15,16,17,18). The molecular formula is C13H15N5O3. The molecule has 110 valence electrons. The second kappa shape index (κ2) is 6.60. The lowest BCUT2D eigenvalue weighted by Gasteiger charge is -2.14. The van der Waals surface area contributed by atoms with Gasteiger partial charge in [0.25, 0.3) is 5.91 Å². The molecule has 1 aromatic heterocycles. The Hall–Kier alpha value is -2.77. The summed E-state index contributed by atoms with van der Waals surface area (Å²) in [6, 6.07) is 6.30. The van der Waals surface area contributed by atoms with Crippen LogP contribution in [0.1, 0.15) is 30.1 Å². The highest BCUT2D eigenvalue weighted by atomic mass is 16.4. The van der Waals surface area contributed by atoms with E-state index in [0.717, 1.165) is 5.56 Å². The zero-order valence-corrected chi connectivity index (χ0v) is 11.4. The maximum Gasteiger partial charge on any atom is 0.305 e. The van der Waals surface area contributed by atoms with Gasteiger partial charge in [0, 0.05) is 17.2 Å². The van der Waals surface area contributed by atoms with Crippen LogP contribution in [0.5, 0.6) is 0 Å². The molecule has 1 unspecified atom stereocenters. The molecule has 0 aliphatic heterocycles. The van der Waals surface area contributed by atoms with Gasteiger partial charge in [-0.1, -0.05) is 19.1 Å². The summed E-state index contributed by atoms with van der Waals surface area (Å²) in [7, 11) is 0. The maximum atomic E-state index is 12.0. The van der Waals surface area contributed by atoms with E-state index in [2.05, 4.69) is 25.9 Å². The normalized spacial score (nSPS) is 11.9. The second-order valence-corrected chi connectivity index (χ2v) is 4.49. The SMILES string of the molecule is CCC(CC(=O)O)NC(=O)c1ccc(-c2nn[nH]n2)cc1. The lowest BCUT2D eigenvalue weighted by atomic mass is 10.1. The molecule has 0 bridgehead atoms. The van der Waals surface area contributed by atoms with Gasteiger partial charge in [0.05, 0.1) is 6.42 Å². The Kier molecular flexibility index (Phi) is 4.60. The summed E-state index contributed by atoms with van der Waals surface area (Å²) < 4.78 is 0. The summed E-state index contributed by atoms with van der Waals surface area (Å²) in [6.45, 7) is 1.83. The van der Waals surface area contributed by atoms with Gasteiger partial charge in [-0.2, -0.15) is 5.21 Å². The van der Waals surface area contributed by atoms with E-state index >= 15 is 0 Å². The minimum atomic E-state index is -0.936. The first-order valence-corrected chi connectivity index (χ1v) is 6.46. The highest BCUT2D eigenvalue weighted by Gasteiger charge is 2.15. The summed E-state index contributed by atoms with van der Waals surface area (Å²) >= 11 is 0. The minimum Gasteiger partial charge on any atom is -0.481 e. The van der Waals surface area contributed by atoms with Crippen LogP contribution in [-0.4, -0.2) is 43.6 Å². The fourth-order valence-corrected chi connectivity index (χ4v) is 1.83. The first-order valence-electron chi connectivity index (χ1n) is 6.46. The summed E-state index contributed by atoms with van der Waals surface area (Å²) in [6.07, 6.45) is 0.460. The number of carbonyl (C=O) groups is 2. The largest absolute Gasteiger partial charge is 0.481 e. The number of benzene rings is 1. The zero-order valence-electron chi connectivity index (χ0n) is 11.4. The molecule has 8 nitrogen and oxygen atoms in total. The van der Waals surface area contributed by atoms with Crippen molar-refractivity contribution in [1.82, 2.24) is 25.9 Å². The number of aromatic amines is 1. The molecule has 1 amide bonds. The van der Waals surface area contributed by atoms with E-state index in [-0.39, 0.29) is 18.4 Å². The molecule has 1 atom stereocenters. The van der Waals surface area contributed by atoms with Gasteiger partial charge in [-0.25, -0.2) is 0 Å². The van der Waals surface area contributed by atoms with E-state index in [0.29, 0.717) is 17.8 Å². The van der Waals surface area contributed by atoms with Crippen LogP contribution in [0, 0.1) is 0 Å². The van der Waals surface area contributed by atoms with E-state index in [9.17, 15) is 9.59 Å². The van der Waals surface area contributed by atoms with Crippen molar-refractivity contribution in [3.05, 3.63) is 29.8 Å². The van der Waals surface area contributed by atoms with Crippen molar-refractivity contribution in [2.75, 3.05) is 0 Å². The van der Waals surface area contributed by atoms with Crippen molar-refractivity contribution in [2.24, 2.45) is 0 Å². The number of carboxylic acids is 1. The molecule has 0 aliphatic carbocycles. The van der Waals surface area contributed by atoms with Gasteiger partial charge in [0.1, 0.15) is 0 Å². The molecule has 21 heavy (non-hydrogen) atoms. The van der Waals surface area contributed by atoms with Crippen LogP contribution in [0.15, 0.2) is 24.3 Å². The number of hydrogen-bond donors (Lipinski definition) is 3. The van der Waals surface area contributed by atoms with Gasteiger partial charge in [0.2, 0.25) is 5.82 Å². The monoisotopic (exact) mass is 289 g/mol. The molecule has 1 aromatic carbocycles. The van der Waals surface area contributed by atoms with E-state index < -0.39 is 5.97 Å². The van der Waals surface area contributed by atoms with E-state index in [1.165, 1.54) is 0 Å². The van der Waals surface area contributed by atoms with Gasteiger partial charge in [-0.3, -0.25) is 9.59 Å². The number of amides is 1. The number of hydrogen-bond acceptors (Lipinski definition) is 5. The van der Waals surface area contributed by atoms with Crippen molar-refractivity contribution in [3.8, 4) is 11.4 Å². The second-order valence-electron chi connectivity index (χ2n) is 4.49. The molecule has 3 N–H and O–H groups in total. The molecule has 0 aliphatic rings. The molecule has 0 spiro atoms. The molecule has 0 saturated heterocycles. The number of aromatic nitrogens is 4. The number of H-pyrrole nitrogens is 1. The van der Waals surface area contributed by atoms with Gasteiger partial charge in [0.15, 0.2) is 0 Å². The quantitative estimate of drug-likeness (QED) is 0.725. The zero-order chi connectivity index (χ0) is 15.2. The first-order chi connectivity index (χ1) is 10.1. The summed E-state index contributed by atoms with van der Waals surface area (Å²) in [5.41, 5.74) is 1.18. The number of carboxylic acid groups (broad SMARTS) is 1. The van der Waals surface area contributed by atoms with Crippen molar-refractivity contribution >= 4 is 11.9 Å². The summed E-state index contributed by atoms with van der Waals surface area (Å²) in [5.74, 6) is -0.795. The number of tetrazole rings is 1. The van der Waals surface area contributed by atoms with Crippen molar-refractivity contribution in [1.29, 1.82) is 0 Å². The van der Waals surface area contributed by atoms with Crippen LogP contribution in [0.4, 0.5) is 0 Å². The number of aliphatic carboxylic acids is 1. The molecule has 8 heteroatoms. The predicted molar refractivity (Wildman–Crippen MR) is 73.4 cm³/mol. The number of nitrogens with one attached hydrogen (secondary N) is 2. The third-order valence-electron chi connectivity index (χ3n) is 3.00. The highest BCUT2D eigenvalue weighted by Crippen LogP contribution is 2.14. The van der Waals surface area contributed by atoms with Gasteiger partial charge in [-0.05, 0) is 23.8 Å². The van der Waals surface area contributed by atoms with Crippen molar-refractivity contribution in [2.45, 2.75) is 25.8 Å². The van der Waals surface area contributed by atoms with E-state index in [1.54, 1.807) is 24.3 Å². The Morgan fingerprint density at radius 3 is 2.57 bits per heavy atom. The Morgan fingerprint density at radius 1 is 1.33 bits per heavy atom. The summed E-state index contributed by atoms with van der Waals surface area (Å²) in [5, 5.41) is 25.0. The molecule has 2 aromatic rings.